The Hall–Kier alpha value is -1.85. The average molecular weight is 436 g/mol. The molecule has 0 aliphatic carbocycles. The summed E-state index contributed by atoms with van der Waals surface area (Å²) in [6, 6.07) is 0.388. The Morgan fingerprint density at radius 3 is 2.79 bits per heavy atom. The molecule has 0 aromatic carbocycles. The van der Waals surface area contributed by atoms with E-state index in [9.17, 15) is 19.3 Å². The minimum Gasteiger partial charge on any atom is -0.462 e. The van der Waals surface area contributed by atoms with Crippen LogP contribution in [0.2, 0.25) is 0 Å². The van der Waals surface area contributed by atoms with Gasteiger partial charge in [0.1, 0.15) is 30.8 Å². The van der Waals surface area contributed by atoms with Gasteiger partial charge in [0.05, 0.1) is 6.10 Å². The van der Waals surface area contributed by atoms with E-state index >= 15 is 4.39 Å². The second kappa shape index (κ2) is 9.31. The largest absolute Gasteiger partial charge is 0.462 e. The molecule has 0 bridgehead atoms. The fourth-order valence-corrected chi connectivity index (χ4v) is 3.63. The van der Waals surface area contributed by atoms with E-state index in [0.29, 0.717) is 0 Å². The lowest BCUT2D eigenvalue weighted by Gasteiger charge is -2.23. The van der Waals surface area contributed by atoms with Gasteiger partial charge in [-0.2, -0.15) is 4.98 Å². The Kier molecular flexibility index (Phi) is 7.52. The summed E-state index contributed by atoms with van der Waals surface area (Å²) in [5.41, 5.74) is 4.66. The summed E-state index contributed by atoms with van der Waals surface area (Å²) in [7, 11) is -3.06. The molecular formula is C16H26FN4O7P. The number of aliphatic hydroxyl groups excluding tert-OH is 1. The summed E-state index contributed by atoms with van der Waals surface area (Å²) < 4.78 is 43.3. The zero-order valence-electron chi connectivity index (χ0n) is 16.5. The summed E-state index contributed by atoms with van der Waals surface area (Å²) in [5, 5.41) is 12.6. The van der Waals surface area contributed by atoms with Gasteiger partial charge < -0.3 is 24.8 Å². The molecule has 1 aliphatic heterocycles. The van der Waals surface area contributed by atoms with Crippen molar-refractivity contribution < 1.29 is 32.9 Å². The molecule has 1 aliphatic rings. The van der Waals surface area contributed by atoms with Crippen LogP contribution in [0.4, 0.5) is 10.2 Å². The summed E-state index contributed by atoms with van der Waals surface area (Å²) >= 11 is 0. The van der Waals surface area contributed by atoms with E-state index in [1.54, 1.807) is 13.8 Å². The minimum atomic E-state index is -3.06. The number of alkyl halides is 1. The van der Waals surface area contributed by atoms with Gasteiger partial charge in [0.25, 0.3) is 14.0 Å². The molecule has 2 rings (SSSR count). The van der Waals surface area contributed by atoms with Crippen LogP contribution in [0.3, 0.4) is 0 Å². The molecule has 13 heteroatoms. The topological polar surface area (TPSA) is 155 Å². The van der Waals surface area contributed by atoms with Crippen LogP contribution in [-0.2, 0) is 23.4 Å². The van der Waals surface area contributed by atoms with Gasteiger partial charge in [-0.1, -0.05) is 6.92 Å². The molecule has 1 fully saturated rings. The Balaban J connectivity index is 2.00. The number of rotatable bonds is 8. The second-order valence-corrected chi connectivity index (χ2v) is 8.22. The lowest BCUT2D eigenvalue weighted by atomic mass is 10.0. The van der Waals surface area contributed by atoms with Crippen LogP contribution in [0.5, 0.6) is 0 Å². The highest BCUT2D eigenvalue weighted by Crippen LogP contribution is 2.43. The maximum absolute atomic E-state index is 15.1. The standard InChI is InChI=1S/C16H26FN4O7P/c1-8(2)27-14(23)10(4)20-29(25)26-7-16(17)12(22)9(3)13(28-16)21-6-5-11(18)19-15(21)24/h5-6,8-10,12-13,22,29H,7H2,1-4H3,(H,20,25)(H2,18,19,24)/t9-,10-,12-,13+,16+/m0/s1. The number of aromatic nitrogens is 2. The molecule has 29 heavy (non-hydrogen) atoms. The lowest BCUT2D eigenvalue weighted by Crippen LogP contribution is -2.41. The molecule has 164 valence electrons. The van der Waals surface area contributed by atoms with E-state index in [-0.39, 0.29) is 11.9 Å². The van der Waals surface area contributed by atoms with Crippen molar-refractivity contribution in [1.29, 1.82) is 0 Å². The van der Waals surface area contributed by atoms with Crippen LogP contribution >= 0.6 is 8.18 Å². The van der Waals surface area contributed by atoms with Crippen molar-refractivity contribution in [2.75, 3.05) is 12.3 Å². The molecule has 1 aromatic rings. The van der Waals surface area contributed by atoms with E-state index in [1.165, 1.54) is 26.1 Å². The number of nitrogens with two attached hydrogens (primary N) is 1. The Bertz CT molecular complexity index is 823. The molecule has 0 amide bonds. The molecule has 1 aromatic heterocycles. The minimum absolute atomic E-state index is 0.0120. The zero-order chi connectivity index (χ0) is 21.9. The number of ether oxygens (including phenoxy) is 2. The highest BCUT2D eigenvalue weighted by atomic mass is 31.1. The highest BCUT2D eigenvalue weighted by Gasteiger charge is 2.55. The lowest BCUT2D eigenvalue weighted by molar-refractivity contribution is -0.202. The van der Waals surface area contributed by atoms with Gasteiger partial charge in [-0.25, -0.2) is 14.3 Å². The molecule has 0 spiro atoms. The average Bonchev–Trinajstić information content (AvgIpc) is 2.84. The summed E-state index contributed by atoms with van der Waals surface area (Å²) in [6.07, 6.45) is -1.92. The smallest absolute Gasteiger partial charge is 0.351 e. The number of nitrogen functional groups attached to an aromatic ring is 1. The third-order valence-corrected chi connectivity index (χ3v) is 5.35. The normalized spacial score (nSPS) is 29.0. The number of esters is 1. The number of aliphatic hydroxyl groups is 1. The third-order valence-electron chi connectivity index (χ3n) is 4.27. The fraction of sp³-hybridized carbons (Fsp3) is 0.688. The Morgan fingerprint density at radius 2 is 2.21 bits per heavy atom. The summed E-state index contributed by atoms with van der Waals surface area (Å²) in [6.45, 7) is 5.33. The van der Waals surface area contributed by atoms with Crippen LogP contribution in [0, 0.1) is 5.92 Å². The molecular weight excluding hydrogens is 410 g/mol. The predicted molar refractivity (Wildman–Crippen MR) is 101 cm³/mol. The first kappa shape index (κ1) is 23.4. The van der Waals surface area contributed by atoms with E-state index in [0.717, 1.165) is 4.57 Å². The Labute approximate surface area is 167 Å². The van der Waals surface area contributed by atoms with Crippen LogP contribution < -0.4 is 16.5 Å². The van der Waals surface area contributed by atoms with E-state index in [2.05, 4.69) is 10.1 Å². The van der Waals surface area contributed by atoms with Crippen LogP contribution in [0.15, 0.2) is 17.1 Å². The van der Waals surface area contributed by atoms with E-state index < -0.39 is 56.6 Å². The van der Waals surface area contributed by atoms with Gasteiger partial charge in [-0.05, 0) is 26.8 Å². The predicted octanol–water partition coefficient (Wildman–Crippen LogP) is 0.353. The first-order valence-electron chi connectivity index (χ1n) is 8.98. The monoisotopic (exact) mass is 436 g/mol. The number of halogens is 1. The van der Waals surface area contributed by atoms with Crippen LogP contribution in [-0.4, -0.2) is 51.3 Å². The number of hydrogen-bond donors (Lipinski definition) is 3. The van der Waals surface area contributed by atoms with Crippen molar-refractivity contribution in [1.82, 2.24) is 14.6 Å². The maximum Gasteiger partial charge on any atom is 0.351 e. The van der Waals surface area contributed by atoms with Gasteiger partial charge in [0.15, 0.2) is 0 Å². The molecule has 2 heterocycles. The van der Waals surface area contributed by atoms with Crippen molar-refractivity contribution >= 4 is 20.0 Å². The SMILES string of the molecule is CC(C)OC(=O)[C@H](C)N[PH](=O)OC[C@@]1(F)O[C@@H](n2ccc(N)nc2=O)[C@@H](C)[C@@H]1O. The van der Waals surface area contributed by atoms with Crippen LogP contribution in [0.1, 0.15) is 33.9 Å². The molecule has 4 N–H and O–H groups in total. The molecule has 11 nitrogen and oxygen atoms in total. The van der Waals surface area contributed by atoms with Crippen LogP contribution in [0.25, 0.3) is 0 Å². The number of nitrogens with zero attached hydrogens (tertiary/aromatic N) is 2. The Morgan fingerprint density at radius 1 is 1.55 bits per heavy atom. The third kappa shape index (κ3) is 5.61. The van der Waals surface area contributed by atoms with Crippen molar-refractivity contribution in [2.45, 2.75) is 58.0 Å². The quantitative estimate of drug-likeness (QED) is 0.384. The zero-order valence-corrected chi connectivity index (χ0v) is 17.5. The molecule has 6 atom stereocenters. The van der Waals surface area contributed by atoms with Gasteiger partial charge >= 0.3 is 11.7 Å². The second-order valence-electron chi connectivity index (χ2n) is 7.07. The summed E-state index contributed by atoms with van der Waals surface area (Å²) in [4.78, 5) is 27.2. The van der Waals surface area contributed by atoms with E-state index in [4.69, 9.17) is 19.7 Å². The number of nitrogens with one attached hydrogen (secondary N) is 1. The van der Waals surface area contributed by atoms with Gasteiger partial charge in [0, 0.05) is 12.1 Å². The first-order valence-corrected chi connectivity index (χ1v) is 10.3. The molecule has 0 saturated carbocycles. The molecule has 1 unspecified atom stereocenters. The fourth-order valence-electron chi connectivity index (χ4n) is 2.75. The van der Waals surface area contributed by atoms with Crippen molar-refractivity contribution in [3.8, 4) is 0 Å². The number of hydrogen-bond acceptors (Lipinski definition) is 9. The van der Waals surface area contributed by atoms with Crippen molar-refractivity contribution in [3.63, 3.8) is 0 Å². The van der Waals surface area contributed by atoms with Crippen molar-refractivity contribution in [2.24, 2.45) is 5.92 Å². The van der Waals surface area contributed by atoms with Gasteiger partial charge in [0.2, 0.25) is 0 Å². The van der Waals surface area contributed by atoms with Crippen molar-refractivity contribution in [3.05, 3.63) is 22.7 Å². The van der Waals surface area contributed by atoms with E-state index in [1.807, 2.05) is 0 Å². The first-order chi connectivity index (χ1) is 13.4. The number of carbonyl (C=O) groups is 1. The highest BCUT2D eigenvalue weighted by molar-refractivity contribution is 7.36. The molecule has 1 saturated heterocycles. The molecule has 0 radical (unpaired) electrons. The van der Waals surface area contributed by atoms with Gasteiger partial charge in [-0.3, -0.25) is 13.9 Å². The number of anilines is 1. The number of carbonyl (C=O) groups excluding carboxylic acids is 1. The summed E-state index contributed by atoms with van der Waals surface area (Å²) in [5.74, 6) is -4.23. The van der Waals surface area contributed by atoms with Gasteiger partial charge in [-0.15, -0.1) is 0 Å². The maximum atomic E-state index is 15.1.